The summed E-state index contributed by atoms with van der Waals surface area (Å²) in [5, 5.41) is 0. The maximum Gasteiger partial charge on any atom is 0.0441 e. The molecule has 18 heavy (non-hydrogen) atoms. The fourth-order valence-corrected chi connectivity index (χ4v) is 2.48. The van der Waals surface area contributed by atoms with Gasteiger partial charge in [-0.25, -0.2) is 0 Å². The average molecular weight is 248 g/mol. The molecule has 0 aromatic heterocycles. The zero-order chi connectivity index (χ0) is 13.7. The minimum atomic E-state index is 0.615. The standard InChI is InChI=1S/C16H28N2/c1-12(2)10-18(11-13(3)4)16-14(5)7-6-8-15(16)9-17/h6-8,12-13H,9-11,17H2,1-5H3. The van der Waals surface area contributed by atoms with Crippen LogP contribution in [0.3, 0.4) is 0 Å². The Morgan fingerprint density at radius 3 is 2.06 bits per heavy atom. The van der Waals surface area contributed by atoms with Crippen LogP contribution in [0.1, 0.15) is 38.8 Å². The molecular formula is C16H28N2. The second kappa shape index (κ2) is 6.79. The Kier molecular flexibility index (Phi) is 5.67. The van der Waals surface area contributed by atoms with Gasteiger partial charge in [0.15, 0.2) is 0 Å². The fourth-order valence-electron chi connectivity index (χ4n) is 2.48. The average Bonchev–Trinajstić information content (AvgIpc) is 2.26. The lowest BCUT2D eigenvalue weighted by molar-refractivity contribution is 0.550. The van der Waals surface area contributed by atoms with E-state index in [4.69, 9.17) is 5.73 Å². The number of para-hydroxylation sites is 1. The zero-order valence-electron chi connectivity index (χ0n) is 12.5. The van der Waals surface area contributed by atoms with Crippen molar-refractivity contribution in [3.63, 3.8) is 0 Å². The largest absolute Gasteiger partial charge is 0.371 e. The summed E-state index contributed by atoms with van der Waals surface area (Å²) in [4.78, 5) is 2.51. The predicted molar refractivity (Wildman–Crippen MR) is 81.0 cm³/mol. The van der Waals surface area contributed by atoms with E-state index in [1.165, 1.54) is 16.8 Å². The lowest BCUT2D eigenvalue weighted by atomic mass is 10.0. The third kappa shape index (κ3) is 4.02. The number of hydrogen-bond acceptors (Lipinski definition) is 2. The Hall–Kier alpha value is -1.02. The van der Waals surface area contributed by atoms with Crippen molar-refractivity contribution in [3.05, 3.63) is 29.3 Å². The molecule has 2 N–H and O–H groups in total. The lowest BCUT2D eigenvalue weighted by Gasteiger charge is -2.31. The van der Waals surface area contributed by atoms with Gasteiger partial charge in [-0.3, -0.25) is 0 Å². The number of nitrogens with two attached hydrogens (primary N) is 1. The van der Waals surface area contributed by atoms with Gasteiger partial charge in [0.1, 0.15) is 0 Å². The van der Waals surface area contributed by atoms with Gasteiger partial charge < -0.3 is 10.6 Å². The summed E-state index contributed by atoms with van der Waals surface area (Å²) in [5.74, 6) is 1.32. The van der Waals surface area contributed by atoms with Crippen LogP contribution in [0.2, 0.25) is 0 Å². The Morgan fingerprint density at radius 2 is 1.61 bits per heavy atom. The van der Waals surface area contributed by atoms with Crippen molar-refractivity contribution in [2.24, 2.45) is 17.6 Å². The van der Waals surface area contributed by atoms with Gasteiger partial charge in [0.2, 0.25) is 0 Å². The summed E-state index contributed by atoms with van der Waals surface area (Å²) in [6, 6.07) is 6.43. The van der Waals surface area contributed by atoms with Crippen molar-refractivity contribution in [3.8, 4) is 0 Å². The minimum absolute atomic E-state index is 0.615. The Morgan fingerprint density at radius 1 is 1.06 bits per heavy atom. The van der Waals surface area contributed by atoms with E-state index in [1.54, 1.807) is 0 Å². The van der Waals surface area contributed by atoms with Crippen molar-refractivity contribution in [1.82, 2.24) is 0 Å². The van der Waals surface area contributed by atoms with Crippen molar-refractivity contribution in [2.45, 2.75) is 41.2 Å². The maximum absolute atomic E-state index is 5.89. The molecule has 2 heteroatoms. The first-order valence-corrected chi connectivity index (χ1v) is 6.99. The number of aryl methyl sites for hydroxylation is 1. The first-order valence-electron chi connectivity index (χ1n) is 6.99. The molecule has 0 aliphatic rings. The van der Waals surface area contributed by atoms with Crippen LogP contribution >= 0.6 is 0 Å². The van der Waals surface area contributed by atoms with Crippen molar-refractivity contribution in [1.29, 1.82) is 0 Å². The second-order valence-electron chi connectivity index (χ2n) is 5.98. The second-order valence-corrected chi connectivity index (χ2v) is 5.98. The van der Waals surface area contributed by atoms with E-state index in [0.717, 1.165) is 13.1 Å². The van der Waals surface area contributed by atoms with Gasteiger partial charge in [-0.1, -0.05) is 45.9 Å². The molecule has 1 aromatic rings. The summed E-state index contributed by atoms with van der Waals surface area (Å²) in [5.41, 5.74) is 9.83. The molecule has 2 nitrogen and oxygen atoms in total. The van der Waals surface area contributed by atoms with E-state index in [9.17, 15) is 0 Å². The van der Waals surface area contributed by atoms with E-state index < -0.39 is 0 Å². The van der Waals surface area contributed by atoms with Crippen LogP contribution in [0.5, 0.6) is 0 Å². The van der Waals surface area contributed by atoms with E-state index >= 15 is 0 Å². The number of nitrogens with zero attached hydrogens (tertiary/aromatic N) is 1. The predicted octanol–water partition coefficient (Wildman–Crippen LogP) is 3.57. The number of anilines is 1. The van der Waals surface area contributed by atoms with Crippen LogP contribution < -0.4 is 10.6 Å². The first-order chi connectivity index (χ1) is 8.45. The van der Waals surface area contributed by atoms with Gasteiger partial charge >= 0.3 is 0 Å². The SMILES string of the molecule is Cc1cccc(CN)c1N(CC(C)C)CC(C)C. The summed E-state index contributed by atoms with van der Waals surface area (Å²) in [6.45, 7) is 14.1. The molecule has 0 unspecified atom stereocenters. The summed E-state index contributed by atoms with van der Waals surface area (Å²) >= 11 is 0. The quantitative estimate of drug-likeness (QED) is 0.834. The molecule has 0 heterocycles. The van der Waals surface area contributed by atoms with Gasteiger partial charge in [0, 0.05) is 25.3 Å². The molecule has 0 aliphatic carbocycles. The highest BCUT2D eigenvalue weighted by molar-refractivity contribution is 5.59. The van der Waals surface area contributed by atoms with E-state index in [2.05, 4.69) is 57.7 Å². The maximum atomic E-state index is 5.89. The zero-order valence-corrected chi connectivity index (χ0v) is 12.5. The van der Waals surface area contributed by atoms with Gasteiger partial charge in [0.25, 0.3) is 0 Å². The highest BCUT2D eigenvalue weighted by Crippen LogP contribution is 2.26. The number of benzene rings is 1. The van der Waals surface area contributed by atoms with Gasteiger partial charge in [-0.05, 0) is 29.9 Å². The third-order valence-electron chi connectivity index (χ3n) is 3.03. The normalized spacial score (nSPS) is 11.3. The molecule has 0 amide bonds. The molecule has 0 atom stereocenters. The molecule has 0 aliphatic heterocycles. The van der Waals surface area contributed by atoms with Gasteiger partial charge in [-0.15, -0.1) is 0 Å². The number of hydrogen-bond donors (Lipinski definition) is 1. The third-order valence-corrected chi connectivity index (χ3v) is 3.03. The molecule has 102 valence electrons. The first kappa shape index (κ1) is 15.0. The lowest BCUT2D eigenvalue weighted by Crippen LogP contribution is -2.33. The Bertz CT molecular complexity index is 359. The van der Waals surface area contributed by atoms with E-state index in [1.807, 2.05) is 0 Å². The van der Waals surface area contributed by atoms with Crippen molar-refractivity contribution < 1.29 is 0 Å². The van der Waals surface area contributed by atoms with Crippen LogP contribution in [0, 0.1) is 18.8 Å². The molecule has 0 saturated heterocycles. The fraction of sp³-hybridized carbons (Fsp3) is 0.625. The monoisotopic (exact) mass is 248 g/mol. The minimum Gasteiger partial charge on any atom is -0.371 e. The Balaban J connectivity index is 3.10. The smallest absolute Gasteiger partial charge is 0.0441 e. The van der Waals surface area contributed by atoms with E-state index in [0.29, 0.717) is 18.4 Å². The molecule has 0 spiro atoms. The highest BCUT2D eigenvalue weighted by Gasteiger charge is 2.15. The van der Waals surface area contributed by atoms with E-state index in [-0.39, 0.29) is 0 Å². The summed E-state index contributed by atoms with van der Waals surface area (Å²) in [7, 11) is 0. The molecule has 0 bridgehead atoms. The van der Waals surface area contributed by atoms with Crippen LogP contribution in [-0.2, 0) is 6.54 Å². The topological polar surface area (TPSA) is 29.3 Å². The summed E-state index contributed by atoms with van der Waals surface area (Å²) < 4.78 is 0. The highest BCUT2D eigenvalue weighted by atomic mass is 15.1. The molecule has 0 radical (unpaired) electrons. The van der Waals surface area contributed by atoms with Crippen molar-refractivity contribution >= 4 is 5.69 Å². The summed E-state index contributed by atoms with van der Waals surface area (Å²) in [6.07, 6.45) is 0. The van der Waals surface area contributed by atoms with Crippen LogP contribution in [-0.4, -0.2) is 13.1 Å². The molecule has 0 fully saturated rings. The van der Waals surface area contributed by atoms with Crippen molar-refractivity contribution in [2.75, 3.05) is 18.0 Å². The number of rotatable bonds is 6. The van der Waals surface area contributed by atoms with Gasteiger partial charge in [-0.2, -0.15) is 0 Å². The van der Waals surface area contributed by atoms with Gasteiger partial charge in [0.05, 0.1) is 0 Å². The Labute approximate surface area is 112 Å². The molecule has 1 rings (SSSR count). The van der Waals surface area contributed by atoms with Crippen LogP contribution in [0.25, 0.3) is 0 Å². The molecular weight excluding hydrogens is 220 g/mol. The molecule has 1 aromatic carbocycles. The van der Waals surface area contributed by atoms with Crippen LogP contribution in [0.15, 0.2) is 18.2 Å². The molecule has 0 saturated carbocycles. The van der Waals surface area contributed by atoms with Crippen LogP contribution in [0.4, 0.5) is 5.69 Å².